The van der Waals surface area contributed by atoms with Gasteiger partial charge in [-0.2, -0.15) is 0 Å². The van der Waals surface area contributed by atoms with Crippen LogP contribution in [-0.4, -0.2) is 21.6 Å². The highest BCUT2D eigenvalue weighted by Gasteiger charge is 2.26. The summed E-state index contributed by atoms with van der Waals surface area (Å²) in [6, 6.07) is 1.85. The van der Waals surface area contributed by atoms with E-state index in [2.05, 4.69) is 14.5 Å². The van der Waals surface area contributed by atoms with E-state index in [1.807, 2.05) is 6.07 Å². The molecule has 78 valence electrons. The molecular weight excluding hydrogens is 192 g/mol. The predicted molar refractivity (Wildman–Crippen MR) is 56.3 cm³/mol. The number of hydrogen-bond donors (Lipinski definition) is 1. The largest absolute Gasteiger partial charge is 0.397 e. The first-order chi connectivity index (χ1) is 7.29. The van der Waals surface area contributed by atoms with Gasteiger partial charge in [0.15, 0.2) is 5.65 Å². The molecule has 2 aromatic heterocycles. The smallest absolute Gasteiger partial charge is 0.160 e. The van der Waals surface area contributed by atoms with Gasteiger partial charge in [-0.15, -0.1) is 0 Å². The second-order valence-corrected chi connectivity index (χ2v) is 3.75. The lowest BCUT2D eigenvalue weighted by Crippen LogP contribution is -1.97. The number of aromatic nitrogens is 3. The number of aryl methyl sites for hydroxylation is 1. The van der Waals surface area contributed by atoms with Gasteiger partial charge >= 0.3 is 0 Å². The van der Waals surface area contributed by atoms with Gasteiger partial charge in [-0.25, -0.2) is 9.97 Å². The molecular formula is C10H12N4O. The normalized spacial score (nSPS) is 19.7. The van der Waals surface area contributed by atoms with Crippen LogP contribution in [0.2, 0.25) is 0 Å². The molecule has 0 aliphatic carbocycles. The van der Waals surface area contributed by atoms with Crippen molar-refractivity contribution >= 4 is 16.9 Å². The molecule has 0 aromatic carbocycles. The molecule has 2 aromatic rings. The van der Waals surface area contributed by atoms with E-state index < -0.39 is 0 Å². The number of nitrogens with two attached hydrogens (primary N) is 1. The lowest BCUT2D eigenvalue weighted by atomic mass is 10.3. The van der Waals surface area contributed by atoms with Crippen LogP contribution in [0.3, 0.4) is 0 Å². The molecule has 0 saturated carbocycles. The number of rotatable bonds is 1. The van der Waals surface area contributed by atoms with Gasteiger partial charge in [-0.1, -0.05) is 0 Å². The third kappa shape index (κ3) is 1.13. The van der Waals surface area contributed by atoms with Crippen LogP contribution < -0.4 is 5.73 Å². The number of imidazole rings is 1. The van der Waals surface area contributed by atoms with E-state index in [9.17, 15) is 0 Å². The summed E-state index contributed by atoms with van der Waals surface area (Å²) in [4.78, 5) is 8.80. The first kappa shape index (κ1) is 8.67. The maximum absolute atomic E-state index is 5.67. The van der Waals surface area contributed by atoms with E-state index in [1.165, 1.54) is 0 Å². The summed E-state index contributed by atoms with van der Waals surface area (Å²) in [5.41, 5.74) is 8.07. The van der Waals surface area contributed by atoms with Crippen molar-refractivity contribution in [3.8, 4) is 0 Å². The Morgan fingerprint density at radius 2 is 2.47 bits per heavy atom. The Balaban J connectivity index is 2.25. The Bertz CT molecular complexity index is 519. The van der Waals surface area contributed by atoms with Crippen LogP contribution in [0.1, 0.15) is 18.3 Å². The van der Waals surface area contributed by atoms with Crippen LogP contribution in [0.5, 0.6) is 0 Å². The molecule has 1 atom stereocenters. The Kier molecular flexibility index (Phi) is 1.70. The molecule has 1 aliphatic heterocycles. The van der Waals surface area contributed by atoms with Crippen LogP contribution >= 0.6 is 0 Å². The Morgan fingerprint density at radius 3 is 3.27 bits per heavy atom. The zero-order valence-electron chi connectivity index (χ0n) is 8.47. The summed E-state index contributed by atoms with van der Waals surface area (Å²) >= 11 is 0. The second-order valence-electron chi connectivity index (χ2n) is 3.75. The number of nitrogen functional groups attached to an aromatic ring is 1. The number of nitrogens with zero attached hydrogens (tertiary/aromatic N) is 3. The molecule has 1 unspecified atom stereocenters. The van der Waals surface area contributed by atoms with Gasteiger partial charge in [0.2, 0.25) is 0 Å². The van der Waals surface area contributed by atoms with E-state index in [0.29, 0.717) is 5.69 Å². The van der Waals surface area contributed by atoms with Gasteiger partial charge in [0, 0.05) is 13.7 Å². The van der Waals surface area contributed by atoms with Gasteiger partial charge in [-0.3, -0.25) is 0 Å². The molecule has 0 fully saturated rings. The zero-order chi connectivity index (χ0) is 10.4. The minimum Gasteiger partial charge on any atom is -0.397 e. The minimum atomic E-state index is 0.0976. The molecule has 0 radical (unpaired) electrons. The van der Waals surface area contributed by atoms with Gasteiger partial charge < -0.3 is 15.0 Å². The van der Waals surface area contributed by atoms with E-state index in [1.54, 1.807) is 13.3 Å². The molecule has 2 N–H and O–H groups in total. The van der Waals surface area contributed by atoms with Crippen molar-refractivity contribution in [3.05, 3.63) is 18.1 Å². The van der Waals surface area contributed by atoms with Crippen molar-refractivity contribution in [1.82, 2.24) is 14.5 Å². The molecule has 0 spiro atoms. The third-order valence-electron chi connectivity index (χ3n) is 2.82. The van der Waals surface area contributed by atoms with Crippen molar-refractivity contribution in [2.24, 2.45) is 0 Å². The monoisotopic (exact) mass is 204 g/mol. The van der Waals surface area contributed by atoms with Crippen molar-refractivity contribution in [1.29, 1.82) is 0 Å². The van der Waals surface area contributed by atoms with Crippen LogP contribution in [-0.2, 0) is 11.3 Å². The standard InChI is InChI=1S/C10H12N4O/c1-15-8-2-3-14-9-7(13-10(8)14)4-6(11)5-12-9/h4-5,8H,2-3,11H2,1H3. The molecule has 3 heterocycles. The predicted octanol–water partition coefficient (Wildman–Crippen LogP) is 1.10. The quantitative estimate of drug-likeness (QED) is 0.755. The highest BCUT2D eigenvalue weighted by atomic mass is 16.5. The SMILES string of the molecule is COC1CCn2c1nc1cc(N)cnc12. The topological polar surface area (TPSA) is 66.0 Å². The number of fused-ring (bicyclic) bond motifs is 3. The fraction of sp³-hybridized carbons (Fsp3) is 0.400. The summed E-state index contributed by atoms with van der Waals surface area (Å²) in [6.07, 6.45) is 2.73. The van der Waals surface area contributed by atoms with Gasteiger partial charge in [0.05, 0.1) is 11.9 Å². The Labute approximate surface area is 86.9 Å². The lowest BCUT2D eigenvalue weighted by molar-refractivity contribution is 0.102. The van der Waals surface area contributed by atoms with Crippen molar-refractivity contribution in [3.63, 3.8) is 0 Å². The number of hydrogen-bond acceptors (Lipinski definition) is 4. The van der Waals surface area contributed by atoms with Crippen LogP contribution in [0.25, 0.3) is 11.2 Å². The fourth-order valence-electron chi connectivity index (χ4n) is 2.11. The number of methoxy groups -OCH3 is 1. The summed E-state index contributed by atoms with van der Waals surface area (Å²) in [5.74, 6) is 0.964. The van der Waals surface area contributed by atoms with Crippen molar-refractivity contribution in [2.45, 2.75) is 19.1 Å². The first-order valence-corrected chi connectivity index (χ1v) is 4.94. The highest BCUT2D eigenvalue weighted by Crippen LogP contribution is 2.31. The number of ether oxygens (including phenoxy) is 1. The summed E-state index contributed by atoms with van der Waals surface area (Å²) in [7, 11) is 1.71. The van der Waals surface area contributed by atoms with E-state index in [-0.39, 0.29) is 6.10 Å². The maximum Gasteiger partial charge on any atom is 0.160 e. The average molecular weight is 204 g/mol. The zero-order valence-corrected chi connectivity index (χ0v) is 8.47. The third-order valence-corrected chi connectivity index (χ3v) is 2.82. The van der Waals surface area contributed by atoms with Crippen LogP contribution in [0.15, 0.2) is 12.3 Å². The van der Waals surface area contributed by atoms with E-state index >= 15 is 0 Å². The molecule has 5 nitrogen and oxygen atoms in total. The highest BCUT2D eigenvalue weighted by molar-refractivity contribution is 5.75. The fourth-order valence-corrected chi connectivity index (χ4v) is 2.11. The van der Waals surface area contributed by atoms with Crippen LogP contribution in [0, 0.1) is 0 Å². The molecule has 5 heteroatoms. The number of anilines is 1. The first-order valence-electron chi connectivity index (χ1n) is 4.94. The summed E-state index contributed by atoms with van der Waals surface area (Å²) < 4.78 is 7.46. The van der Waals surface area contributed by atoms with Gasteiger partial charge in [-0.05, 0) is 12.5 Å². The minimum absolute atomic E-state index is 0.0976. The molecule has 3 rings (SSSR count). The summed E-state index contributed by atoms with van der Waals surface area (Å²) in [5, 5.41) is 0. The molecule has 1 aliphatic rings. The van der Waals surface area contributed by atoms with Crippen molar-refractivity contribution in [2.75, 3.05) is 12.8 Å². The molecule has 0 bridgehead atoms. The van der Waals surface area contributed by atoms with Gasteiger partial charge in [0.1, 0.15) is 17.4 Å². The Morgan fingerprint density at radius 1 is 1.60 bits per heavy atom. The maximum atomic E-state index is 5.67. The van der Waals surface area contributed by atoms with E-state index in [0.717, 1.165) is 30.0 Å². The molecule has 0 amide bonds. The average Bonchev–Trinajstić information content (AvgIpc) is 2.74. The molecule has 0 saturated heterocycles. The second kappa shape index (κ2) is 2.93. The van der Waals surface area contributed by atoms with Crippen LogP contribution in [0.4, 0.5) is 5.69 Å². The number of pyridine rings is 1. The van der Waals surface area contributed by atoms with E-state index in [4.69, 9.17) is 10.5 Å². The molecule has 15 heavy (non-hydrogen) atoms. The van der Waals surface area contributed by atoms with Gasteiger partial charge in [0.25, 0.3) is 0 Å². The summed E-state index contributed by atoms with van der Waals surface area (Å²) in [6.45, 7) is 0.918. The Hall–Kier alpha value is -1.62. The van der Waals surface area contributed by atoms with Crippen molar-refractivity contribution < 1.29 is 4.74 Å². The lowest BCUT2D eigenvalue weighted by Gasteiger charge is -2.02.